The predicted octanol–water partition coefficient (Wildman–Crippen LogP) is 4.09. The number of hydrogen-bond acceptors (Lipinski definition) is 2. The molecule has 0 heterocycles. The Morgan fingerprint density at radius 1 is 1.15 bits per heavy atom. The van der Waals surface area contributed by atoms with Gasteiger partial charge in [0.1, 0.15) is 5.75 Å². The Labute approximate surface area is 117 Å². The number of hydrogen-bond donors (Lipinski definition) is 1. The van der Waals surface area contributed by atoms with Gasteiger partial charge >= 0.3 is 12.4 Å². The summed E-state index contributed by atoms with van der Waals surface area (Å²) in [4.78, 5) is 0. The fourth-order valence-electron chi connectivity index (χ4n) is 1.55. The Balaban J connectivity index is 0.00000361. The van der Waals surface area contributed by atoms with Crippen molar-refractivity contribution < 1.29 is 31.1 Å². The van der Waals surface area contributed by atoms with Gasteiger partial charge in [0.15, 0.2) is 0 Å². The lowest BCUT2D eigenvalue weighted by Crippen LogP contribution is -2.21. The summed E-state index contributed by atoms with van der Waals surface area (Å²) in [6.07, 6.45) is -10.4. The third kappa shape index (κ3) is 5.09. The van der Waals surface area contributed by atoms with Crippen molar-refractivity contribution in [2.75, 3.05) is 7.11 Å². The number of ether oxygens (including phenoxy) is 1. The van der Waals surface area contributed by atoms with E-state index in [0.29, 0.717) is 12.1 Å². The zero-order valence-electron chi connectivity index (χ0n) is 10.2. The van der Waals surface area contributed by atoms with E-state index in [4.69, 9.17) is 5.73 Å². The highest BCUT2D eigenvalue weighted by atomic mass is 35.5. The summed E-state index contributed by atoms with van der Waals surface area (Å²) in [5.41, 5.74) is 4.21. The highest BCUT2D eigenvalue weighted by Gasteiger charge is 2.34. The molecule has 1 aromatic carbocycles. The number of halogens is 7. The minimum atomic E-state index is -4.60. The van der Waals surface area contributed by atoms with E-state index < -0.39 is 30.4 Å². The van der Waals surface area contributed by atoms with Crippen LogP contribution in [0.5, 0.6) is 5.75 Å². The van der Waals surface area contributed by atoms with Gasteiger partial charge in [-0.1, -0.05) is 6.07 Å². The zero-order chi connectivity index (χ0) is 14.8. The summed E-state index contributed by atoms with van der Waals surface area (Å²) in [6.45, 7) is 0. The number of rotatable bonds is 3. The Hall–Kier alpha value is -1.15. The van der Waals surface area contributed by atoms with Crippen molar-refractivity contribution in [3.8, 4) is 5.75 Å². The Kier molecular flexibility index (Phi) is 6.16. The molecule has 0 radical (unpaired) electrons. The third-order valence-corrected chi connectivity index (χ3v) is 2.41. The molecule has 2 nitrogen and oxygen atoms in total. The average molecular weight is 324 g/mol. The van der Waals surface area contributed by atoms with E-state index in [9.17, 15) is 26.3 Å². The van der Waals surface area contributed by atoms with Crippen LogP contribution in [0.4, 0.5) is 26.3 Å². The molecule has 1 atom stereocenters. The maximum absolute atomic E-state index is 12.4. The van der Waals surface area contributed by atoms with Crippen molar-refractivity contribution >= 4 is 12.4 Å². The van der Waals surface area contributed by atoms with Crippen molar-refractivity contribution in [3.05, 3.63) is 29.3 Å². The highest BCUT2D eigenvalue weighted by molar-refractivity contribution is 5.85. The van der Waals surface area contributed by atoms with Crippen molar-refractivity contribution in [2.24, 2.45) is 5.73 Å². The molecule has 0 aliphatic heterocycles. The average Bonchev–Trinajstić information content (AvgIpc) is 2.24. The maximum atomic E-state index is 12.4. The molecule has 1 rings (SSSR count). The van der Waals surface area contributed by atoms with E-state index >= 15 is 0 Å². The fourth-order valence-corrected chi connectivity index (χ4v) is 1.55. The van der Waals surface area contributed by atoms with E-state index in [1.165, 1.54) is 0 Å². The molecular formula is C11H12ClF6NO. The van der Waals surface area contributed by atoms with Crippen LogP contribution in [-0.4, -0.2) is 13.3 Å². The number of alkyl halides is 6. The molecule has 0 spiro atoms. The molecule has 0 bridgehead atoms. The molecule has 0 unspecified atom stereocenters. The van der Waals surface area contributed by atoms with Gasteiger partial charge in [0.25, 0.3) is 0 Å². The van der Waals surface area contributed by atoms with Gasteiger partial charge in [0.05, 0.1) is 19.1 Å². The van der Waals surface area contributed by atoms with Gasteiger partial charge in [-0.15, -0.1) is 12.4 Å². The first-order chi connectivity index (χ1) is 8.54. The van der Waals surface area contributed by atoms with Crippen molar-refractivity contribution in [1.29, 1.82) is 0 Å². The van der Waals surface area contributed by atoms with Crippen LogP contribution in [0.25, 0.3) is 0 Å². The minimum Gasteiger partial charge on any atom is -0.496 e. The van der Waals surface area contributed by atoms with Crippen LogP contribution in [0.15, 0.2) is 18.2 Å². The molecule has 0 saturated carbocycles. The zero-order valence-corrected chi connectivity index (χ0v) is 11.0. The standard InChI is InChI=1S/C11H11F6NO.ClH/c1-19-9-4-6(11(15,16)17)2-3-7(9)8(18)5-10(12,13)14;/h2-4,8H,5,18H2,1H3;1H/t8-;/m1./s1. The van der Waals surface area contributed by atoms with Gasteiger partial charge in [-0.05, 0) is 12.1 Å². The van der Waals surface area contributed by atoms with Crippen LogP contribution in [0.3, 0.4) is 0 Å². The highest BCUT2D eigenvalue weighted by Crippen LogP contribution is 2.37. The van der Waals surface area contributed by atoms with Crippen LogP contribution in [0.1, 0.15) is 23.6 Å². The molecule has 0 fully saturated rings. The SMILES string of the molecule is COc1cc(C(F)(F)F)ccc1[C@H](N)CC(F)(F)F.Cl. The number of nitrogens with two attached hydrogens (primary N) is 1. The van der Waals surface area contributed by atoms with Crippen LogP contribution in [0, 0.1) is 0 Å². The lowest BCUT2D eigenvalue weighted by atomic mass is 10.0. The minimum absolute atomic E-state index is 0. The molecule has 2 N–H and O–H groups in total. The van der Waals surface area contributed by atoms with Crippen LogP contribution in [-0.2, 0) is 6.18 Å². The molecule has 1 aromatic rings. The molecule has 0 aliphatic carbocycles. The molecule has 116 valence electrons. The molecule has 0 saturated heterocycles. The third-order valence-electron chi connectivity index (χ3n) is 2.41. The van der Waals surface area contributed by atoms with Crippen molar-refractivity contribution in [1.82, 2.24) is 0 Å². The van der Waals surface area contributed by atoms with Crippen molar-refractivity contribution in [2.45, 2.75) is 24.8 Å². The van der Waals surface area contributed by atoms with Gasteiger partial charge < -0.3 is 10.5 Å². The van der Waals surface area contributed by atoms with Crippen LogP contribution in [0.2, 0.25) is 0 Å². The summed E-state index contributed by atoms with van der Waals surface area (Å²) in [5, 5.41) is 0. The Morgan fingerprint density at radius 3 is 2.10 bits per heavy atom. The first-order valence-corrected chi connectivity index (χ1v) is 5.12. The first-order valence-electron chi connectivity index (χ1n) is 5.12. The van der Waals surface area contributed by atoms with Crippen LogP contribution >= 0.6 is 12.4 Å². The monoisotopic (exact) mass is 323 g/mol. The largest absolute Gasteiger partial charge is 0.496 e. The molecule has 20 heavy (non-hydrogen) atoms. The fraction of sp³-hybridized carbons (Fsp3) is 0.455. The second-order valence-corrected chi connectivity index (χ2v) is 3.88. The Bertz CT molecular complexity index is 446. The van der Waals surface area contributed by atoms with Gasteiger partial charge in [0, 0.05) is 11.6 Å². The number of benzene rings is 1. The summed E-state index contributed by atoms with van der Waals surface area (Å²) in [7, 11) is 1.07. The predicted molar refractivity (Wildman–Crippen MR) is 62.8 cm³/mol. The molecular weight excluding hydrogens is 312 g/mol. The number of methoxy groups -OCH3 is 1. The summed E-state index contributed by atoms with van der Waals surface area (Å²) >= 11 is 0. The van der Waals surface area contributed by atoms with Gasteiger partial charge in [0.2, 0.25) is 0 Å². The Morgan fingerprint density at radius 2 is 1.70 bits per heavy atom. The van der Waals surface area contributed by atoms with Gasteiger partial charge in [-0.25, -0.2) is 0 Å². The lowest BCUT2D eigenvalue weighted by Gasteiger charge is -2.18. The van der Waals surface area contributed by atoms with E-state index in [0.717, 1.165) is 13.2 Å². The second kappa shape index (κ2) is 6.53. The molecule has 0 aromatic heterocycles. The van der Waals surface area contributed by atoms with E-state index in [-0.39, 0.29) is 23.7 Å². The normalized spacial score (nSPS) is 13.6. The summed E-state index contributed by atoms with van der Waals surface area (Å²) in [5.74, 6) is -0.313. The topological polar surface area (TPSA) is 35.2 Å². The smallest absolute Gasteiger partial charge is 0.416 e. The maximum Gasteiger partial charge on any atom is 0.416 e. The van der Waals surface area contributed by atoms with E-state index in [1.54, 1.807) is 0 Å². The van der Waals surface area contributed by atoms with E-state index in [1.807, 2.05) is 0 Å². The lowest BCUT2D eigenvalue weighted by molar-refractivity contribution is -0.139. The summed E-state index contributed by atoms with van der Waals surface area (Å²) < 4.78 is 78.6. The molecule has 0 amide bonds. The van der Waals surface area contributed by atoms with Crippen molar-refractivity contribution in [3.63, 3.8) is 0 Å². The quantitative estimate of drug-likeness (QED) is 0.850. The molecule has 0 aliphatic rings. The van der Waals surface area contributed by atoms with Gasteiger partial charge in [-0.3, -0.25) is 0 Å². The van der Waals surface area contributed by atoms with Crippen LogP contribution < -0.4 is 10.5 Å². The first kappa shape index (κ1) is 18.8. The van der Waals surface area contributed by atoms with E-state index in [2.05, 4.69) is 4.74 Å². The second-order valence-electron chi connectivity index (χ2n) is 3.88. The summed E-state index contributed by atoms with van der Waals surface area (Å²) in [6, 6.07) is 0.731. The van der Waals surface area contributed by atoms with Gasteiger partial charge in [-0.2, -0.15) is 26.3 Å². The molecule has 9 heteroatoms.